The van der Waals surface area contributed by atoms with Gasteiger partial charge in [0.25, 0.3) is 10.0 Å². The van der Waals surface area contributed by atoms with Gasteiger partial charge in [0.15, 0.2) is 0 Å². The van der Waals surface area contributed by atoms with Crippen LogP contribution in [-0.2, 0) is 16.6 Å². The molecule has 0 spiro atoms. The smallest absolute Gasteiger partial charge is 0.268 e. The second kappa shape index (κ2) is 13.3. The van der Waals surface area contributed by atoms with E-state index in [-0.39, 0.29) is 29.1 Å². The predicted molar refractivity (Wildman–Crippen MR) is 165 cm³/mol. The summed E-state index contributed by atoms with van der Waals surface area (Å²) in [5.74, 6) is -1.46. The van der Waals surface area contributed by atoms with Crippen LogP contribution in [-0.4, -0.2) is 45.0 Å². The average molecular weight is 627 g/mol. The van der Waals surface area contributed by atoms with Gasteiger partial charge in [0.1, 0.15) is 22.3 Å². The first-order valence-corrected chi connectivity index (χ1v) is 15.8. The lowest BCUT2D eigenvalue weighted by Gasteiger charge is -2.27. The van der Waals surface area contributed by atoms with E-state index in [9.17, 15) is 12.8 Å². The van der Waals surface area contributed by atoms with Gasteiger partial charge in [0.05, 0.1) is 30.4 Å². The van der Waals surface area contributed by atoms with Crippen molar-refractivity contribution in [3.8, 4) is 5.75 Å². The predicted octanol–water partition coefficient (Wildman–Crippen LogP) is 6.97. The number of aryl methyl sites for hydroxylation is 1. The number of methoxy groups -OCH3 is 1. The summed E-state index contributed by atoms with van der Waals surface area (Å²) in [6.07, 6.45) is 2.24. The highest BCUT2D eigenvalue weighted by Gasteiger charge is 2.31. The maximum atomic E-state index is 15.8. The summed E-state index contributed by atoms with van der Waals surface area (Å²) in [5, 5.41) is 3.38. The first kappa shape index (κ1) is 30.7. The SMILES string of the molecule is COc1ccc(CN(c2cccc(F)n2)S(=O)(=O)c2cc(Cl)c(N[C@H](CN3CCCC3)c3ccccc3)cc2F)c(C)c1. The number of anilines is 2. The number of nitrogens with zero attached hydrogens (tertiary/aromatic N) is 3. The Labute approximate surface area is 256 Å². The molecule has 1 aliphatic heterocycles. The fourth-order valence-electron chi connectivity index (χ4n) is 5.24. The number of nitrogens with one attached hydrogen (secondary N) is 1. The topological polar surface area (TPSA) is 74.8 Å². The van der Waals surface area contributed by atoms with Crippen LogP contribution in [0.5, 0.6) is 5.75 Å². The molecule has 2 heterocycles. The summed E-state index contributed by atoms with van der Waals surface area (Å²) in [5.41, 5.74) is 2.61. The average Bonchev–Trinajstić information content (AvgIpc) is 3.51. The fourth-order valence-corrected chi connectivity index (χ4v) is 6.99. The molecule has 1 fully saturated rings. The first-order chi connectivity index (χ1) is 20.7. The summed E-state index contributed by atoms with van der Waals surface area (Å²) >= 11 is 6.64. The Kier molecular flexibility index (Phi) is 9.49. The van der Waals surface area contributed by atoms with Gasteiger partial charge in [0, 0.05) is 6.54 Å². The largest absolute Gasteiger partial charge is 0.497 e. The molecule has 1 saturated heterocycles. The highest BCUT2D eigenvalue weighted by Crippen LogP contribution is 2.35. The van der Waals surface area contributed by atoms with E-state index < -0.39 is 26.7 Å². The summed E-state index contributed by atoms with van der Waals surface area (Å²) in [6.45, 7) is 4.20. The van der Waals surface area contributed by atoms with Gasteiger partial charge in [-0.05, 0) is 85.9 Å². The maximum Gasteiger partial charge on any atom is 0.268 e. The number of hydrogen-bond acceptors (Lipinski definition) is 6. The highest BCUT2D eigenvalue weighted by atomic mass is 35.5. The van der Waals surface area contributed by atoms with Crippen LogP contribution >= 0.6 is 11.6 Å². The van der Waals surface area contributed by atoms with E-state index >= 15 is 4.39 Å². The number of likely N-dealkylation sites (tertiary alicyclic amines) is 1. The molecular weight excluding hydrogens is 594 g/mol. The molecule has 226 valence electrons. The second-order valence-corrected chi connectivity index (χ2v) is 12.7. The molecule has 1 aromatic heterocycles. The summed E-state index contributed by atoms with van der Waals surface area (Å²) < 4.78 is 64.3. The molecule has 4 aromatic rings. The van der Waals surface area contributed by atoms with Gasteiger partial charge in [-0.25, -0.2) is 22.1 Å². The molecule has 1 aliphatic rings. The number of aromatic nitrogens is 1. The third kappa shape index (κ3) is 7.09. The number of sulfonamides is 1. The van der Waals surface area contributed by atoms with Crippen molar-refractivity contribution in [1.29, 1.82) is 0 Å². The van der Waals surface area contributed by atoms with Crippen molar-refractivity contribution in [2.75, 3.05) is 36.4 Å². The molecule has 0 amide bonds. The Bertz CT molecular complexity index is 1690. The van der Waals surface area contributed by atoms with Crippen molar-refractivity contribution in [2.45, 2.75) is 37.2 Å². The number of benzene rings is 3. The molecule has 3 aromatic carbocycles. The third-order valence-corrected chi connectivity index (χ3v) is 9.66. The molecule has 0 saturated carbocycles. The van der Waals surface area contributed by atoms with Crippen LogP contribution in [0.1, 0.15) is 35.6 Å². The highest BCUT2D eigenvalue weighted by molar-refractivity contribution is 7.92. The number of halogens is 3. The zero-order valence-electron chi connectivity index (χ0n) is 23.9. The van der Waals surface area contributed by atoms with Crippen molar-refractivity contribution in [1.82, 2.24) is 9.88 Å². The first-order valence-electron chi connectivity index (χ1n) is 14.0. The Hall–Kier alpha value is -3.73. The van der Waals surface area contributed by atoms with E-state index in [2.05, 4.69) is 15.2 Å². The van der Waals surface area contributed by atoms with Crippen molar-refractivity contribution >= 4 is 33.1 Å². The van der Waals surface area contributed by atoms with Gasteiger partial charge in [-0.3, -0.25) is 0 Å². The molecule has 0 unspecified atom stereocenters. The molecule has 1 N–H and O–H groups in total. The number of rotatable bonds is 11. The van der Waals surface area contributed by atoms with Crippen LogP contribution in [0.15, 0.2) is 83.8 Å². The number of pyridine rings is 1. The van der Waals surface area contributed by atoms with Gasteiger partial charge in [-0.2, -0.15) is 4.39 Å². The van der Waals surface area contributed by atoms with Gasteiger partial charge >= 0.3 is 0 Å². The van der Waals surface area contributed by atoms with Crippen LogP contribution in [0, 0.1) is 18.7 Å². The summed E-state index contributed by atoms with van der Waals surface area (Å²) in [4.78, 5) is 5.49. The van der Waals surface area contributed by atoms with E-state index in [1.54, 1.807) is 25.1 Å². The zero-order valence-corrected chi connectivity index (χ0v) is 25.5. The van der Waals surface area contributed by atoms with E-state index in [4.69, 9.17) is 16.3 Å². The summed E-state index contributed by atoms with van der Waals surface area (Å²) in [7, 11) is -3.06. The molecule has 0 aliphatic carbocycles. The third-order valence-electron chi connectivity index (χ3n) is 7.58. The van der Waals surface area contributed by atoms with E-state index in [0.717, 1.165) is 59.6 Å². The Morgan fingerprint density at radius 1 is 1.02 bits per heavy atom. The lowest BCUT2D eigenvalue weighted by atomic mass is 10.1. The molecule has 1 atom stereocenters. The molecule has 11 heteroatoms. The van der Waals surface area contributed by atoms with Crippen molar-refractivity contribution in [2.24, 2.45) is 0 Å². The van der Waals surface area contributed by atoms with Crippen molar-refractivity contribution < 1.29 is 21.9 Å². The van der Waals surface area contributed by atoms with Crippen LogP contribution < -0.4 is 14.4 Å². The molecule has 5 rings (SSSR count). The summed E-state index contributed by atoms with van der Waals surface area (Å²) in [6, 6.07) is 20.7. The molecule has 7 nitrogen and oxygen atoms in total. The van der Waals surface area contributed by atoms with Gasteiger partial charge < -0.3 is 15.0 Å². The van der Waals surface area contributed by atoms with Crippen molar-refractivity contribution in [3.63, 3.8) is 0 Å². The van der Waals surface area contributed by atoms with Crippen LogP contribution in [0.4, 0.5) is 20.3 Å². The quantitative estimate of drug-likeness (QED) is 0.181. The second-order valence-electron chi connectivity index (χ2n) is 10.5. The van der Waals surface area contributed by atoms with E-state index in [0.29, 0.717) is 17.9 Å². The zero-order chi connectivity index (χ0) is 30.6. The van der Waals surface area contributed by atoms with Gasteiger partial charge in [-0.1, -0.05) is 54.1 Å². The standard InChI is InChI=1S/C32H33ClF2N4O3S/c1-22-17-25(42-2)14-13-24(22)20-39(32-12-8-11-31(35)37-32)43(40,41)30-18-26(33)28(19-27(30)34)36-29(21-38-15-6-7-16-38)23-9-4-3-5-10-23/h3-5,8-14,17-19,29,36H,6-7,15-16,20-21H2,1-2H3/t29-/m1/s1. The molecular formula is C32H33ClF2N4O3S. The number of ether oxygens (including phenoxy) is 1. The van der Waals surface area contributed by atoms with E-state index in [1.165, 1.54) is 19.2 Å². The molecule has 0 bridgehead atoms. The normalized spacial score (nSPS) is 14.4. The lowest BCUT2D eigenvalue weighted by Crippen LogP contribution is -2.32. The Balaban J connectivity index is 1.50. The molecule has 43 heavy (non-hydrogen) atoms. The minimum atomic E-state index is -4.59. The van der Waals surface area contributed by atoms with Gasteiger partial charge in [0.2, 0.25) is 5.95 Å². The fraction of sp³-hybridized carbons (Fsp3) is 0.281. The van der Waals surface area contributed by atoms with E-state index in [1.807, 2.05) is 30.3 Å². The number of hydrogen-bond donors (Lipinski definition) is 1. The Morgan fingerprint density at radius 2 is 1.77 bits per heavy atom. The lowest BCUT2D eigenvalue weighted by molar-refractivity contribution is 0.323. The monoisotopic (exact) mass is 626 g/mol. The minimum Gasteiger partial charge on any atom is -0.497 e. The maximum absolute atomic E-state index is 15.8. The Morgan fingerprint density at radius 3 is 2.44 bits per heavy atom. The molecule has 0 radical (unpaired) electrons. The van der Waals surface area contributed by atoms with Crippen LogP contribution in [0.3, 0.4) is 0 Å². The van der Waals surface area contributed by atoms with Gasteiger partial charge in [-0.15, -0.1) is 0 Å². The minimum absolute atomic E-state index is 0.0371. The van der Waals surface area contributed by atoms with Crippen LogP contribution in [0.25, 0.3) is 0 Å². The van der Waals surface area contributed by atoms with Crippen molar-refractivity contribution in [3.05, 3.63) is 112 Å². The van der Waals surface area contributed by atoms with Crippen LogP contribution in [0.2, 0.25) is 5.02 Å².